The van der Waals surface area contributed by atoms with Crippen LogP contribution < -0.4 is 0 Å². The van der Waals surface area contributed by atoms with E-state index < -0.39 is 0 Å². The van der Waals surface area contributed by atoms with Gasteiger partial charge in [-0.3, -0.25) is 0 Å². The van der Waals surface area contributed by atoms with Gasteiger partial charge in [0.25, 0.3) is 0 Å². The Bertz CT molecular complexity index is 211. The number of hydrogen-bond acceptors (Lipinski definition) is 0. The molecule has 0 aliphatic heterocycles. The molecule has 1 saturated carbocycles. The molecule has 102 valence electrons. The molecular formula is C17H34. The van der Waals surface area contributed by atoms with Gasteiger partial charge in [-0.15, -0.1) is 0 Å². The van der Waals surface area contributed by atoms with Crippen LogP contribution in [0, 0.1) is 22.7 Å². The maximum atomic E-state index is 2.52. The largest absolute Gasteiger partial charge is 0.0648 e. The molecule has 1 aliphatic carbocycles. The zero-order valence-corrected chi connectivity index (χ0v) is 13.1. The minimum atomic E-state index is 0.448. The monoisotopic (exact) mass is 238 g/mol. The number of rotatable bonds is 4. The van der Waals surface area contributed by atoms with Crippen LogP contribution in [-0.4, -0.2) is 0 Å². The Morgan fingerprint density at radius 2 is 1.41 bits per heavy atom. The summed E-state index contributed by atoms with van der Waals surface area (Å²) >= 11 is 0. The van der Waals surface area contributed by atoms with Gasteiger partial charge in [0.1, 0.15) is 0 Å². The second-order valence-corrected chi connectivity index (χ2v) is 7.36. The highest BCUT2D eigenvalue weighted by molar-refractivity contribution is 4.94. The molecule has 1 atom stereocenters. The van der Waals surface area contributed by atoms with Crippen LogP contribution in [0.2, 0.25) is 0 Å². The van der Waals surface area contributed by atoms with Gasteiger partial charge in [-0.2, -0.15) is 0 Å². The fraction of sp³-hybridized carbons (Fsp3) is 1.00. The molecule has 1 rings (SSSR count). The van der Waals surface area contributed by atoms with Crippen molar-refractivity contribution in [3.05, 3.63) is 0 Å². The zero-order chi connectivity index (χ0) is 13.1. The van der Waals surface area contributed by atoms with E-state index in [-0.39, 0.29) is 0 Å². The molecule has 0 spiro atoms. The maximum Gasteiger partial charge on any atom is -0.0244 e. The predicted octanol–water partition coefficient (Wildman–Crippen LogP) is 6.06. The molecule has 0 bridgehead atoms. The third-order valence-electron chi connectivity index (χ3n) is 5.90. The van der Waals surface area contributed by atoms with Crippen LogP contribution in [0.15, 0.2) is 0 Å². The van der Waals surface area contributed by atoms with E-state index >= 15 is 0 Å². The molecule has 1 aliphatic rings. The quantitative estimate of drug-likeness (QED) is 0.559. The van der Waals surface area contributed by atoms with Crippen LogP contribution in [0.1, 0.15) is 86.5 Å². The molecule has 0 nitrogen and oxygen atoms in total. The van der Waals surface area contributed by atoms with E-state index in [4.69, 9.17) is 0 Å². The van der Waals surface area contributed by atoms with Crippen LogP contribution in [0.25, 0.3) is 0 Å². The topological polar surface area (TPSA) is 0 Å². The molecule has 17 heavy (non-hydrogen) atoms. The van der Waals surface area contributed by atoms with Gasteiger partial charge in [-0.05, 0) is 48.3 Å². The van der Waals surface area contributed by atoms with Crippen molar-refractivity contribution in [1.82, 2.24) is 0 Å². The Morgan fingerprint density at radius 1 is 0.941 bits per heavy atom. The molecule has 1 unspecified atom stereocenters. The van der Waals surface area contributed by atoms with E-state index in [1.165, 1.54) is 44.9 Å². The molecule has 0 aromatic rings. The van der Waals surface area contributed by atoms with Crippen molar-refractivity contribution in [2.24, 2.45) is 22.7 Å². The summed E-state index contributed by atoms with van der Waals surface area (Å²) in [6.07, 6.45) is 10.1. The Morgan fingerprint density at radius 3 is 1.76 bits per heavy atom. The highest BCUT2D eigenvalue weighted by Gasteiger charge is 2.44. The second kappa shape index (κ2) is 5.76. The lowest BCUT2D eigenvalue weighted by Crippen LogP contribution is -2.42. The lowest BCUT2D eigenvalue weighted by Gasteiger charge is -2.51. The fourth-order valence-electron chi connectivity index (χ4n) is 4.33. The first-order valence-corrected chi connectivity index (χ1v) is 7.88. The summed E-state index contributed by atoms with van der Waals surface area (Å²) in [5.74, 6) is 1.81. The van der Waals surface area contributed by atoms with Crippen molar-refractivity contribution >= 4 is 0 Å². The SMILES string of the molecule is CCC(CC)(C1CCCCC1)C(C)C(C)(C)C. The second-order valence-electron chi connectivity index (χ2n) is 7.36. The highest BCUT2D eigenvalue weighted by Crippen LogP contribution is 2.53. The van der Waals surface area contributed by atoms with Crippen LogP contribution in [0.5, 0.6) is 0 Å². The average molecular weight is 238 g/mol. The normalized spacial score (nSPS) is 21.5. The van der Waals surface area contributed by atoms with Crippen LogP contribution in [0.4, 0.5) is 0 Å². The molecule has 0 heterocycles. The molecule has 0 N–H and O–H groups in total. The summed E-state index contributed by atoms with van der Waals surface area (Å²) in [6, 6.07) is 0. The average Bonchev–Trinajstić information content (AvgIpc) is 2.31. The van der Waals surface area contributed by atoms with Gasteiger partial charge >= 0.3 is 0 Å². The van der Waals surface area contributed by atoms with Gasteiger partial charge in [0.15, 0.2) is 0 Å². The third kappa shape index (κ3) is 3.06. The van der Waals surface area contributed by atoms with Gasteiger partial charge in [0.05, 0.1) is 0 Å². The summed E-state index contributed by atoms with van der Waals surface area (Å²) in [6.45, 7) is 14.7. The summed E-state index contributed by atoms with van der Waals surface area (Å²) in [4.78, 5) is 0. The van der Waals surface area contributed by atoms with E-state index in [1.807, 2.05) is 0 Å². The zero-order valence-electron chi connectivity index (χ0n) is 13.1. The first kappa shape index (κ1) is 15.1. The molecule has 0 saturated heterocycles. The van der Waals surface area contributed by atoms with Crippen molar-refractivity contribution in [2.45, 2.75) is 86.5 Å². The summed E-state index contributed by atoms with van der Waals surface area (Å²) in [5, 5.41) is 0. The van der Waals surface area contributed by atoms with Crippen LogP contribution >= 0.6 is 0 Å². The molecular weight excluding hydrogens is 204 g/mol. The van der Waals surface area contributed by atoms with Gasteiger partial charge in [0.2, 0.25) is 0 Å². The van der Waals surface area contributed by atoms with Gasteiger partial charge in [-0.25, -0.2) is 0 Å². The summed E-state index contributed by atoms with van der Waals surface area (Å²) in [7, 11) is 0. The number of hydrogen-bond donors (Lipinski definition) is 0. The van der Waals surface area contributed by atoms with Crippen molar-refractivity contribution in [3.63, 3.8) is 0 Å². The first-order valence-electron chi connectivity index (χ1n) is 7.88. The highest BCUT2D eigenvalue weighted by atomic mass is 14.5. The lowest BCUT2D eigenvalue weighted by atomic mass is 9.54. The smallest absolute Gasteiger partial charge is 0.0244 e. The van der Waals surface area contributed by atoms with Crippen molar-refractivity contribution < 1.29 is 0 Å². The Labute approximate surface area is 110 Å². The van der Waals surface area contributed by atoms with E-state index in [0.717, 1.165) is 11.8 Å². The van der Waals surface area contributed by atoms with E-state index in [2.05, 4.69) is 41.5 Å². The van der Waals surface area contributed by atoms with Crippen LogP contribution in [-0.2, 0) is 0 Å². The van der Waals surface area contributed by atoms with Gasteiger partial charge < -0.3 is 0 Å². The Kier molecular flexibility index (Phi) is 5.10. The molecule has 0 amide bonds. The molecule has 1 fully saturated rings. The van der Waals surface area contributed by atoms with Crippen molar-refractivity contribution in [1.29, 1.82) is 0 Å². The van der Waals surface area contributed by atoms with Crippen molar-refractivity contribution in [2.75, 3.05) is 0 Å². The minimum absolute atomic E-state index is 0.448. The minimum Gasteiger partial charge on any atom is -0.0648 e. The fourth-order valence-corrected chi connectivity index (χ4v) is 4.33. The standard InChI is InChI=1S/C17H34/c1-7-17(8-2,14(3)16(4,5)6)15-12-10-9-11-13-15/h14-15H,7-13H2,1-6H3. The van der Waals surface area contributed by atoms with Crippen LogP contribution in [0.3, 0.4) is 0 Å². The molecule has 0 heteroatoms. The van der Waals surface area contributed by atoms with E-state index in [9.17, 15) is 0 Å². The third-order valence-corrected chi connectivity index (χ3v) is 5.90. The van der Waals surface area contributed by atoms with E-state index in [1.54, 1.807) is 0 Å². The van der Waals surface area contributed by atoms with Gasteiger partial charge in [-0.1, -0.05) is 60.8 Å². The first-order chi connectivity index (χ1) is 7.88. The summed E-state index contributed by atoms with van der Waals surface area (Å²) < 4.78 is 0. The predicted molar refractivity (Wildman–Crippen MR) is 78.2 cm³/mol. The molecule has 0 aromatic carbocycles. The Balaban J connectivity index is 2.94. The van der Waals surface area contributed by atoms with E-state index in [0.29, 0.717) is 10.8 Å². The molecule has 0 aromatic heterocycles. The Hall–Kier alpha value is 0. The maximum absolute atomic E-state index is 2.52. The van der Waals surface area contributed by atoms with Crippen molar-refractivity contribution in [3.8, 4) is 0 Å². The molecule has 0 radical (unpaired) electrons. The van der Waals surface area contributed by atoms with Gasteiger partial charge in [0, 0.05) is 0 Å². The summed E-state index contributed by atoms with van der Waals surface area (Å²) in [5.41, 5.74) is 1.04. The lowest BCUT2D eigenvalue weighted by molar-refractivity contribution is -0.0130.